The molecule has 10 heavy (non-hydrogen) atoms. The molecular weight excluding hydrogens is 256 g/mol. The van der Waals surface area contributed by atoms with E-state index < -0.39 is 0 Å². The first kappa shape index (κ1) is 8.28. The van der Waals surface area contributed by atoms with E-state index in [1.54, 1.807) is 0 Å². The second-order valence-corrected chi connectivity index (χ2v) is 4.06. The van der Waals surface area contributed by atoms with Crippen molar-refractivity contribution in [1.29, 1.82) is 0 Å². The molecule has 0 N–H and O–H groups in total. The molecule has 0 unspecified atom stereocenters. The van der Waals surface area contributed by atoms with E-state index in [2.05, 4.69) is 57.8 Å². The van der Waals surface area contributed by atoms with Crippen LogP contribution in [0.25, 0.3) is 0 Å². The molecule has 0 spiro atoms. The van der Waals surface area contributed by atoms with Gasteiger partial charge in [-0.1, -0.05) is 31.9 Å². The van der Waals surface area contributed by atoms with Gasteiger partial charge in [-0.15, -0.1) is 0 Å². The summed E-state index contributed by atoms with van der Waals surface area (Å²) in [5.74, 6) is 0. The summed E-state index contributed by atoms with van der Waals surface area (Å²) in [6, 6.07) is 4.22. The van der Waals surface area contributed by atoms with Gasteiger partial charge < -0.3 is 0 Å². The number of halogens is 2. The molecule has 1 aromatic rings. The molecule has 0 nitrogen and oxygen atoms in total. The Morgan fingerprint density at radius 1 is 1.00 bits per heavy atom. The normalized spacial score (nSPS) is 10.0. The van der Waals surface area contributed by atoms with Gasteiger partial charge in [-0.25, -0.2) is 0 Å². The molecular formula is C8H8Br2. The van der Waals surface area contributed by atoms with Gasteiger partial charge in [0, 0.05) is 8.95 Å². The van der Waals surface area contributed by atoms with Gasteiger partial charge in [-0.2, -0.15) is 0 Å². The van der Waals surface area contributed by atoms with Crippen molar-refractivity contribution in [1.82, 2.24) is 0 Å². The largest absolute Gasteiger partial charge is 0.0505 e. The van der Waals surface area contributed by atoms with E-state index in [0.29, 0.717) is 0 Å². The third-order valence-corrected chi connectivity index (χ3v) is 3.07. The van der Waals surface area contributed by atoms with Crippen LogP contribution in [-0.2, 0) is 0 Å². The maximum absolute atomic E-state index is 3.47. The molecule has 0 saturated carbocycles. The number of benzene rings is 1. The Balaban J connectivity index is 3.31. The lowest BCUT2D eigenvalue weighted by atomic mass is 10.2. The summed E-state index contributed by atoms with van der Waals surface area (Å²) in [7, 11) is 0. The lowest BCUT2D eigenvalue weighted by molar-refractivity contribution is 1.34. The molecule has 0 amide bonds. The molecule has 2 heteroatoms. The van der Waals surface area contributed by atoms with Crippen molar-refractivity contribution in [2.75, 3.05) is 0 Å². The summed E-state index contributed by atoms with van der Waals surface area (Å²) in [5, 5.41) is 0. The minimum Gasteiger partial charge on any atom is -0.0505 e. The van der Waals surface area contributed by atoms with E-state index in [-0.39, 0.29) is 0 Å². The van der Waals surface area contributed by atoms with Crippen LogP contribution in [0, 0.1) is 13.8 Å². The molecule has 0 saturated heterocycles. The summed E-state index contributed by atoms with van der Waals surface area (Å²) in [6.07, 6.45) is 0. The number of hydrogen-bond acceptors (Lipinski definition) is 0. The van der Waals surface area contributed by atoms with Crippen LogP contribution in [0.15, 0.2) is 21.1 Å². The fourth-order valence-corrected chi connectivity index (χ4v) is 2.19. The van der Waals surface area contributed by atoms with E-state index in [9.17, 15) is 0 Å². The summed E-state index contributed by atoms with van der Waals surface area (Å²) in [4.78, 5) is 0. The highest BCUT2D eigenvalue weighted by atomic mass is 79.9. The minimum atomic E-state index is 1.17. The minimum absolute atomic E-state index is 1.17. The van der Waals surface area contributed by atoms with Gasteiger partial charge in [-0.05, 0) is 37.1 Å². The summed E-state index contributed by atoms with van der Waals surface area (Å²) in [5.41, 5.74) is 2.52. The molecule has 0 fully saturated rings. The standard InChI is InChI=1S/C8H8Br2/c1-5-3-7(9)6(2)8(10)4-5/h3-4H,1-2H3. The Morgan fingerprint density at radius 2 is 1.40 bits per heavy atom. The van der Waals surface area contributed by atoms with E-state index in [1.807, 2.05) is 0 Å². The molecule has 1 rings (SSSR count). The molecule has 0 atom stereocenters. The first-order chi connectivity index (χ1) is 4.61. The number of aryl methyl sites for hydroxylation is 1. The van der Waals surface area contributed by atoms with Gasteiger partial charge in [0.2, 0.25) is 0 Å². The zero-order chi connectivity index (χ0) is 7.72. The predicted molar refractivity (Wildman–Crippen MR) is 51.3 cm³/mol. The zero-order valence-electron chi connectivity index (χ0n) is 5.91. The van der Waals surface area contributed by atoms with E-state index in [1.165, 1.54) is 20.1 Å². The van der Waals surface area contributed by atoms with Crippen LogP contribution in [0.4, 0.5) is 0 Å². The third kappa shape index (κ3) is 1.61. The molecule has 0 heterocycles. The third-order valence-electron chi connectivity index (χ3n) is 1.43. The smallest absolute Gasteiger partial charge is 0.0218 e. The van der Waals surface area contributed by atoms with Crippen LogP contribution in [0.2, 0.25) is 0 Å². The Kier molecular flexibility index (Phi) is 2.53. The van der Waals surface area contributed by atoms with Crippen LogP contribution >= 0.6 is 31.9 Å². The van der Waals surface area contributed by atoms with Crippen LogP contribution in [0.1, 0.15) is 11.1 Å². The van der Waals surface area contributed by atoms with Crippen molar-refractivity contribution in [2.24, 2.45) is 0 Å². The van der Waals surface area contributed by atoms with Gasteiger partial charge in [0.05, 0.1) is 0 Å². The average molecular weight is 264 g/mol. The highest BCUT2D eigenvalue weighted by Crippen LogP contribution is 2.25. The fourth-order valence-electron chi connectivity index (χ4n) is 0.772. The summed E-state index contributed by atoms with van der Waals surface area (Å²) in [6.45, 7) is 4.16. The maximum Gasteiger partial charge on any atom is 0.0218 e. The van der Waals surface area contributed by atoms with Crippen molar-refractivity contribution in [3.05, 3.63) is 32.2 Å². The Labute approximate surface area is 77.9 Å². The van der Waals surface area contributed by atoms with Crippen LogP contribution < -0.4 is 0 Å². The summed E-state index contributed by atoms with van der Waals surface area (Å²) >= 11 is 6.93. The van der Waals surface area contributed by atoms with Crippen LogP contribution in [0.3, 0.4) is 0 Å². The quantitative estimate of drug-likeness (QED) is 0.668. The van der Waals surface area contributed by atoms with Gasteiger partial charge >= 0.3 is 0 Å². The molecule has 0 aromatic heterocycles. The highest BCUT2D eigenvalue weighted by Gasteiger charge is 1.98. The first-order valence-corrected chi connectivity index (χ1v) is 4.62. The second-order valence-electron chi connectivity index (χ2n) is 2.35. The Morgan fingerprint density at radius 3 is 1.80 bits per heavy atom. The second kappa shape index (κ2) is 3.05. The van der Waals surface area contributed by atoms with Crippen molar-refractivity contribution in [2.45, 2.75) is 13.8 Å². The molecule has 0 aliphatic heterocycles. The SMILES string of the molecule is Cc1cc(Br)c(C)c(Br)c1. The van der Waals surface area contributed by atoms with Crippen LogP contribution in [0.5, 0.6) is 0 Å². The van der Waals surface area contributed by atoms with Gasteiger partial charge in [0.25, 0.3) is 0 Å². The van der Waals surface area contributed by atoms with Crippen LogP contribution in [-0.4, -0.2) is 0 Å². The molecule has 54 valence electrons. The van der Waals surface area contributed by atoms with Gasteiger partial charge in [0.15, 0.2) is 0 Å². The molecule has 1 aromatic carbocycles. The highest BCUT2D eigenvalue weighted by molar-refractivity contribution is 9.11. The maximum atomic E-state index is 3.47. The zero-order valence-corrected chi connectivity index (χ0v) is 9.08. The first-order valence-electron chi connectivity index (χ1n) is 3.03. The van der Waals surface area contributed by atoms with E-state index in [0.717, 1.165) is 0 Å². The number of rotatable bonds is 0. The van der Waals surface area contributed by atoms with Crippen molar-refractivity contribution >= 4 is 31.9 Å². The lowest BCUT2D eigenvalue weighted by Crippen LogP contribution is -1.80. The van der Waals surface area contributed by atoms with E-state index in [4.69, 9.17) is 0 Å². The summed E-state index contributed by atoms with van der Waals surface area (Å²) < 4.78 is 2.33. The molecule has 0 aliphatic carbocycles. The van der Waals surface area contributed by atoms with Gasteiger partial charge in [-0.3, -0.25) is 0 Å². The predicted octanol–water partition coefficient (Wildman–Crippen LogP) is 3.83. The lowest BCUT2D eigenvalue weighted by Gasteiger charge is -2.01. The van der Waals surface area contributed by atoms with Crippen molar-refractivity contribution in [3.8, 4) is 0 Å². The Hall–Kier alpha value is 0.180. The Bertz CT molecular complexity index is 230. The monoisotopic (exact) mass is 262 g/mol. The van der Waals surface area contributed by atoms with Crippen molar-refractivity contribution in [3.63, 3.8) is 0 Å². The number of hydrogen-bond donors (Lipinski definition) is 0. The fraction of sp³-hybridized carbons (Fsp3) is 0.250. The van der Waals surface area contributed by atoms with Crippen molar-refractivity contribution < 1.29 is 0 Å². The topological polar surface area (TPSA) is 0 Å². The molecule has 0 bridgehead atoms. The van der Waals surface area contributed by atoms with E-state index >= 15 is 0 Å². The molecule has 0 aliphatic rings. The average Bonchev–Trinajstić information content (AvgIpc) is 1.82. The molecule has 0 radical (unpaired) electrons. The van der Waals surface area contributed by atoms with Gasteiger partial charge in [0.1, 0.15) is 0 Å².